The third kappa shape index (κ3) is 4.09. The monoisotopic (exact) mass is 274 g/mol. The van der Waals surface area contributed by atoms with Gasteiger partial charge in [0, 0.05) is 6.42 Å². The van der Waals surface area contributed by atoms with Crippen molar-refractivity contribution in [2.45, 2.75) is 26.1 Å². The Bertz CT molecular complexity index is 472. The second-order valence-electron chi connectivity index (χ2n) is 4.44. The Kier molecular flexibility index (Phi) is 4.71. The minimum atomic E-state index is -0.408. The highest BCUT2D eigenvalue weighted by molar-refractivity contribution is 5.31. The number of benzene rings is 2. The Balaban J connectivity index is 2.02. The van der Waals surface area contributed by atoms with Crippen LogP contribution < -0.4 is 9.47 Å². The van der Waals surface area contributed by atoms with Crippen molar-refractivity contribution in [2.75, 3.05) is 0 Å². The molecule has 2 N–H and O–H groups in total. The summed E-state index contributed by atoms with van der Waals surface area (Å²) in [6.07, 6.45) is 1.25. The predicted molar refractivity (Wildman–Crippen MR) is 76.2 cm³/mol. The predicted octanol–water partition coefficient (Wildman–Crippen LogP) is 3.68. The van der Waals surface area contributed by atoms with Gasteiger partial charge in [0.15, 0.2) is 0 Å². The van der Waals surface area contributed by atoms with Crippen LogP contribution in [0.15, 0.2) is 48.5 Å². The van der Waals surface area contributed by atoms with Gasteiger partial charge in [-0.3, -0.25) is 0 Å². The molecule has 0 spiro atoms. The van der Waals surface area contributed by atoms with Crippen LogP contribution >= 0.6 is 0 Å². The van der Waals surface area contributed by atoms with E-state index in [4.69, 9.17) is 9.47 Å². The van der Waals surface area contributed by atoms with Crippen LogP contribution in [0.25, 0.3) is 0 Å². The molecule has 20 heavy (non-hydrogen) atoms. The molecule has 0 radical (unpaired) electrons. The first-order chi connectivity index (χ1) is 9.67. The lowest BCUT2D eigenvalue weighted by Crippen LogP contribution is -2.23. The van der Waals surface area contributed by atoms with Crippen LogP contribution in [0.4, 0.5) is 0 Å². The van der Waals surface area contributed by atoms with Gasteiger partial charge in [0.05, 0.1) is 0 Å². The summed E-state index contributed by atoms with van der Waals surface area (Å²) in [7, 11) is 0. The van der Waals surface area contributed by atoms with Crippen molar-refractivity contribution in [3.05, 3.63) is 48.5 Å². The van der Waals surface area contributed by atoms with Crippen molar-refractivity contribution in [1.82, 2.24) is 0 Å². The maximum Gasteiger partial charge on any atom is 0.241 e. The summed E-state index contributed by atoms with van der Waals surface area (Å²) in [5, 5.41) is 18.5. The standard InChI is InChI=1S/C16H18O4/c1-2-3-16(19-14-8-4-12(17)5-9-14)20-15-10-6-13(18)7-11-15/h4-11,16-18H,2-3H2,1H3. The van der Waals surface area contributed by atoms with E-state index in [0.29, 0.717) is 11.5 Å². The van der Waals surface area contributed by atoms with Crippen molar-refractivity contribution in [3.8, 4) is 23.0 Å². The fraction of sp³-hybridized carbons (Fsp3) is 0.250. The number of phenols is 2. The fourth-order valence-electron chi connectivity index (χ4n) is 1.73. The molecule has 0 aliphatic heterocycles. The third-order valence-electron chi connectivity index (χ3n) is 2.73. The maximum absolute atomic E-state index is 9.24. The lowest BCUT2D eigenvalue weighted by Gasteiger charge is -2.20. The molecule has 0 unspecified atom stereocenters. The Morgan fingerprint density at radius 3 is 1.55 bits per heavy atom. The molecular weight excluding hydrogens is 256 g/mol. The van der Waals surface area contributed by atoms with Gasteiger partial charge in [-0.2, -0.15) is 0 Å². The first-order valence-corrected chi connectivity index (χ1v) is 6.58. The summed E-state index contributed by atoms with van der Waals surface area (Å²) < 4.78 is 11.5. The summed E-state index contributed by atoms with van der Waals surface area (Å²) in [4.78, 5) is 0. The number of rotatable bonds is 6. The Morgan fingerprint density at radius 1 is 0.800 bits per heavy atom. The van der Waals surface area contributed by atoms with Crippen LogP contribution in [0.3, 0.4) is 0 Å². The van der Waals surface area contributed by atoms with E-state index >= 15 is 0 Å². The van der Waals surface area contributed by atoms with Gasteiger partial charge in [-0.15, -0.1) is 0 Å². The average Bonchev–Trinajstić information content (AvgIpc) is 2.44. The molecule has 106 valence electrons. The number of aromatic hydroxyl groups is 2. The first-order valence-electron chi connectivity index (χ1n) is 6.58. The van der Waals surface area contributed by atoms with Crippen LogP contribution in [0.1, 0.15) is 19.8 Å². The van der Waals surface area contributed by atoms with Gasteiger partial charge in [-0.05, 0) is 55.0 Å². The molecule has 4 nitrogen and oxygen atoms in total. The fourth-order valence-corrected chi connectivity index (χ4v) is 1.73. The van der Waals surface area contributed by atoms with E-state index in [1.54, 1.807) is 48.5 Å². The van der Waals surface area contributed by atoms with Gasteiger partial charge in [0.25, 0.3) is 0 Å². The van der Waals surface area contributed by atoms with Crippen LogP contribution in [-0.2, 0) is 0 Å². The summed E-state index contributed by atoms with van der Waals surface area (Å²) in [5.74, 6) is 1.67. The smallest absolute Gasteiger partial charge is 0.241 e. The molecule has 4 heteroatoms. The van der Waals surface area contributed by atoms with Crippen LogP contribution in [0, 0.1) is 0 Å². The van der Waals surface area contributed by atoms with E-state index < -0.39 is 6.29 Å². The first kappa shape index (κ1) is 14.1. The van der Waals surface area contributed by atoms with Crippen LogP contribution in [0.2, 0.25) is 0 Å². The molecule has 2 aromatic carbocycles. The van der Waals surface area contributed by atoms with Crippen molar-refractivity contribution >= 4 is 0 Å². The second kappa shape index (κ2) is 6.70. The summed E-state index contributed by atoms with van der Waals surface area (Å²) >= 11 is 0. The van der Waals surface area contributed by atoms with Gasteiger partial charge in [-0.1, -0.05) is 6.92 Å². The molecule has 0 aromatic heterocycles. The van der Waals surface area contributed by atoms with E-state index in [2.05, 4.69) is 0 Å². The van der Waals surface area contributed by atoms with Crippen molar-refractivity contribution in [3.63, 3.8) is 0 Å². The normalized spacial score (nSPS) is 10.5. The maximum atomic E-state index is 9.24. The lowest BCUT2D eigenvalue weighted by atomic mass is 10.3. The molecule has 0 saturated heterocycles. The van der Waals surface area contributed by atoms with E-state index in [9.17, 15) is 10.2 Å². The SMILES string of the molecule is CCCC(Oc1ccc(O)cc1)Oc1ccc(O)cc1. The van der Waals surface area contributed by atoms with E-state index in [1.165, 1.54) is 0 Å². The Hall–Kier alpha value is -2.36. The van der Waals surface area contributed by atoms with Gasteiger partial charge in [0.2, 0.25) is 6.29 Å². The highest BCUT2D eigenvalue weighted by atomic mass is 16.7. The Morgan fingerprint density at radius 2 is 1.20 bits per heavy atom. The number of phenolic OH excluding ortho intramolecular Hbond substituents is 2. The molecular formula is C16H18O4. The molecule has 2 aromatic rings. The number of hydrogen-bond acceptors (Lipinski definition) is 4. The molecule has 0 fully saturated rings. The minimum absolute atomic E-state index is 0.198. The minimum Gasteiger partial charge on any atom is -0.508 e. The molecule has 0 aliphatic rings. The molecule has 0 atom stereocenters. The lowest BCUT2D eigenvalue weighted by molar-refractivity contribution is -0.00111. The number of hydrogen-bond donors (Lipinski definition) is 2. The van der Waals surface area contributed by atoms with E-state index in [0.717, 1.165) is 12.8 Å². The molecule has 0 amide bonds. The highest BCUT2D eigenvalue weighted by Crippen LogP contribution is 2.22. The third-order valence-corrected chi connectivity index (χ3v) is 2.73. The molecule has 0 aliphatic carbocycles. The van der Waals surface area contributed by atoms with Gasteiger partial charge >= 0.3 is 0 Å². The molecule has 2 rings (SSSR count). The Labute approximate surface area is 118 Å². The van der Waals surface area contributed by atoms with Gasteiger partial charge < -0.3 is 19.7 Å². The summed E-state index contributed by atoms with van der Waals surface area (Å²) in [5.41, 5.74) is 0. The van der Waals surface area contributed by atoms with Gasteiger partial charge in [-0.25, -0.2) is 0 Å². The number of ether oxygens (including phenoxy) is 2. The van der Waals surface area contributed by atoms with E-state index in [-0.39, 0.29) is 11.5 Å². The van der Waals surface area contributed by atoms with Crippen LogP contribution in [-0.4, -0.2) is 16.5 Å². The summed E-state index contributed by atoms with van der Waals surface area (Å²) in [6.45, 7) is 2.05. The summed E-state index contributed by atoms with van der Waals surface area (Å²) in [6, 6.07) is 13.0. The topological polar surface area (TPSA) is 58.9 Å². The zero-order chi connectivity index (χ0) is 14.4. The van der Waals surface area contributed by atoms with Crippen molar-refractivity contribution in [1.29, 1.82) is 0 Å². The zero-order valence-corrected chi connectivity index (χ0v) is 11.3. The van der Waals surface area contributed by atoms with Crippen molar-refractivity contribution < 1.29 is 19.7 Å². The van der Waals surface area contributed by atoms with E-state index in [1.807, 2.05) is 6.92 Å². The van der Waals surface area contributed by atoms with Gasteiger partial charge in [0.1, 0.15) is 23.0 Å². The highest BCUT2D eigenvalue weighted by Gasteiger charge is 2.11. The molecule has 0 heterocycles. The largest absolute Gasteiger partial charge is 0.508 e. The average molecular weight is 274 g/mol. The molecule has 0 bridgehead atoms. The zero-order valence-electron chi connectivity index (χ0n) is 11.3. The molecule has 0 saturated carbocycles. The van der Waals surface area contributed by atoms with Crippen LogP contribution in [0.5, 0.6) is 23.0 Å². The second-order valence-corrected chi connectivity index (χ2v) is 4.44. The van der Waals surface area contributed by atoms with Crippen molar-refractivity contribution in [2.24, 2.45) is 0 Å². The quantitative estimate of drug-likeness (QED) is 0.789.